The summed E-state index contributed by atoms with van der Waals surface area (Å²) < 4.78 is 41.6. The Balaban J connectivity index is 1.81. The van der Waals surface area contributed by atoms with Crippen molar-refractivity contribution in [1.82, 2.24) is 4.90 Å². The minimum Gasteiger partial charge on any atom is -0.404 e. The van der Waals surface area contributed by atoms with E-state index in [0.717, 1.165) is 17.2 Å². The van der Waals surface area contributed by atoms with Crippen molar-refractivity contribution < 1.29 is 27.5 Å². The first-order valence-electron chi connectivity index (χ1n) is 8.45. The smallest absolute Gasteiger partial charge is 0.404 e. The monoisotopic (exact) mass is 390 g/mol. The van der Waals surface area contributed by atoms with Gasteiger partial charge in [0.05, 0.1) is 18.2 Å². The molecule has 1 atom stereocenters. The van der Waals surface area contributed by atoms with Crippen LogP contribution in [0.15, 0.2) is 54.7 Å². The molecule has 0 fully saturated rings. The largest absolute Gasteiger partial charge is 0.573 e. The molecule has 1 N–H and O–H groups in total. The van der Waals surface area contributed by atoms with E-state index in [-0.39, 0.29) is 18.0 Å². The van der Waals surface area contributed by atoms with Crippen LogP contribution in [-0.2, 0) is 9.59 Å². The third-order valence-electron chi connectivity index (χ3n) is 4.23. The number of alkyl halides is 3. The third-order valence-corrected chi connectivity index (χ3v) is 4.23. The van der Waals surface area contributed by atoms with Crippen molar-refractivity contribution in [3.05, 3.63) is 65.9 Å². The molecule has 2 aromatic carbocycles. The molecular weight excluding hydrogens is 373 g/mol. The van der Waals surface area contributed by atoms with Crippen LogP contribution in [0.2, 0.25) is 0 Å². The van der Waals surface area contributed by atoms with E-state index in [1.807, 2.05) is 18.2 Å². The number of anilines is 1. The zero-order chi connectivity index (χ0) is 20.3. The Morgan fingerprint density at radius 2 is 1.79 bits per heavy atom. The number of amides is 2. The summed E-state index contributed by atoms with van der Waals surface area (Å²) in [6, 6.07) is 12.0. The Morgan fingerprint density at radius 3 is 2.50 bits per heavy atom. The number of ether oxygens (including phenoxy) is 1. The molecule has 0 saturated carbocycles. The Hall–Kier alpha value is -3.29. The first-order valence-corrected chi connectivity index (χ1v) is 8.45. The second kappa shape index (κ2) is 7.75. The lowest BCUT2D eigenvalue weighted by atomic mass is 9.93. The highest BCUT2D eigenvalue weighted by Gasteiger charge is 2.33. The van der Waals surface area contributed by atoms with E-state index < -0.39 is 24.1 Å². The summed E-state index contributed by atoms with van der Waals surface area (Å²) in [6.45, 7) is 1.38. The molecule has 2 amide bonds. The Labute approximate surface area is 159 Å². The van der Waals surface area contributed by atoms with Crippen molar-refractivity contribution in [2.24, 2.45) is 0 Å². The first-order chi connectivity index (χ1) is 13.2. The highest BCUT2D eigenvalue weighted by molar-refractivity contribution is 5.93. The van der Waals surface area contributed by atoms with Crippen molar-refractivity contribution in [3.63, 3.8) is 0 Å². The van der Waals surface area contributed by atoms with Crippen molar-refractivity contribution in [1.29, 1.82) is 0 Å². The summed E-state index contributed by atoms with van der Waals surface area (Å²) in [4.78, 5) is 26.0. The van der Waals surface area contributed by atoms with E-state index in [4.69, 9.17) is 0 Å². The van der Waals surface area contributed by atoms with Crippen LogP contribution in [0.25, 0.3) is 6.08 Å². The van der Waals surface area contributed by atoms with E-state index in [2.05, 4.69) is 10.1 Å². The van der Waals surface area contributed by atoms with Crippen LogP contribution in [0.4, 0.5) is 18.9 Å². The molecule has 8 heteroatoms. The molecule has 0 saturated heterocycles. The lowest BCUT2D eigenvalue weighted by molar-refractivity contribution is -0.274. The van der Waals surface area contributed by atoms with Crippen LogP contribution in [0.5, 0.6) is 5.75 Å². The molecular formula is C20H17F3N2O3. The van der Waals surface area contributed by atoms with Gasteiger partial charge >= 0.3 is 6.36 Å². The van der Waals surface area contributed by atoms with Crippen LogP contribution in [0, 0.1) is 0 Å². The number of halogens is 3. The van der Waals surface area contributed by atoms with Crippen LogP contribution in [0.3, 0.4) is 0 Å². The first kappa shape index (κ1) is 19.5. The van der Waals surface area contributed by atoms with Crippen molar-refractivity contribution in [2.75, 3.05) is 5.32 Å². The Kier molecular flexibility index (Phi) is 5.39. The second-order valence-electron chi connectivity index (χ2n) is 6.18. The minimum atomic E-state index is -4.88. The van der Waals surface area contributed by atoms with E-state index in [1.165, 1.54) is 30.0 Å². The van der Waals surface area contributed by atoms with Gasteiger partial charge in [-0.2, -0.15) is 0 Å². The molecule has 0 aliphatic carbocycles. The van der Waals surface area contributed by atoms with Gasteiger partial charge in [-0.3, -0.25) is 9.59 Å². The van der Waals surface area contributed by atoms with Crippen LogP contribution < -0.4 is 10.1 Å². The summed E-state index contributed by atoms with van der Waals surface area (Å²) in [6.07, 6.45) is -1.62. The lowest BCUT2D eigenvalue weighted by Crippen LogP contribution is -2.33. The molecule has 5 nitrogen and oxygen atoms in total. The average molecular weight is 390 g/mol. The van der Waals surface area contributed by atoms with Gasteiger partial charge in [0.25, 0.3) is 0 Å². The molecule has 0 radical (unpaired) electrons. The number of benzene rings is 2. The van der Waals surface area contributed by atoms with Crippen molar-refractivity contribution >= 4 is 23.6 Å². The maximum absolute atomic E-state index is 12.6. The molecule has 0 aromatic heterocycles. The summed E-state index contributed by atoms with van der Waals surface area (Å²) in [5.74, 6) is -1.29. The van der Waals surface area contributed by atoms with E-state index >= 15 is 0 Å². The van der Waals surface area contributed by atoms with E-state index in [9.17, 15) is 22.8 Å². The summed E-state index contributed by atoms with van der Waals surface area (Å²) in [5.41, 5.74) is 1.56. The molecule has 1 aliphatic heterocycles. The highest BCUT2D eigenvalue weighted by Crippen LogP contribution is 2.34. The maximum atomic E-state index is 12.6. The van der Waals surface area contributed by atoms with Gasteiger partial charge in [0.1, 0.15) is 0 Å². The van der Waals surface area contributed by atoms with E-state index in [0.29, 0.717) is 0 Å². The molecule has 146 valence electrons. The summed E-state index contributed by atoms with van der Waals surface area (Å²) in [5, 5.41) is 2.44. The van der Waals surface area contributed by atoms with Gasteiger partial charge in [-0.05, 0) is 29.3 Å². The lowest BCUT2D eigenvalue weighted by Gasteiger charge is -2.32. The SMILES string of the molecule is CC(=O)N1C=Cc2ccccc2C1CC(=O)Nc1ccccc1OC(F)(F)F. The topological polar surface area (TPSA) is 58.6 Å². The number of carbonyl (C=O) groups excluding carboxylic acids is 2. The maximum Gasteiger partial charge on any atom is 0.573 e. The van der Waals surface area contributed by atoms with Gasteiger partial charge in [0, 0.05) is 13.1 Å². The Bertz CT molecular complexity index is 925. The van der Waals surface area contributed by atoms with E-state index in [1.54, 1.807) is 18.3 Å². The van der Waals surface area contributed by atoms with Crippen molar-refractivity contribution in [2.45, 2.75) is 25.7 Å². The number of carbonyl (C=O) groups is 2. The predicted molar refractivity (Wildman–Crippen MR) is 97.1 cm³/mol. The van der Waals surface area contributed by atoms with Crippen LogP contribution >= 0.6 is 0 Å². The fraction of sp³-hybridized carbons (Fsp3) is 0.200. The van der Waals surface area contributed by atoms with Gasteiger partial charge in [-0.25, -0.2) is 0 Å². The second-order valence-corrected chi connectivity index (χ2v) is 6.18. The van der Waals surface area contributed by atoms with Gasteiger partial charge in [-0.15, -0.1) is 13.2 Å². The molecule has 28 heavy (non-hydrogen) atoms. The summed E-state index contributed by atoms with van der Waals surface area (Å²) in [7, 11) is 0. The number of nitrogens with one attached hydrogen (secondary N) is 1. The number of fused-ring (bicyclic) bond motifs is 1. The molecule has 3 rings (SSSR count). The van der Waals surface area contributed by atoms with Gasteiger partial charge in [0.15, 0.2) is 5.75 Å². The van der Waals surface area contributed by atoms with Crippen molar-refractivity contribution in [3.8, 4) is 5.75 Å². The zero-order valence-electron chi connectivity index (χ0n) is 14.9. The fourth-order valence-corrected chi connectivity index (χ4v) is 3.07. The number of hydrogen-bond donors (Lipinski definition) is 1. The number of nitrogens with zero attached hydrogens (tertiary/aromatic N) is 1. The van der Waals surface area contributed by atoms with Gasteiger partial charge in [0.2, 0.25) is 11.8 Å². The Morgan fingerprint density at radius 1 is 1.11 bits per heavy atom. The average Bonchev–Trinajstić information content (AvgIpc) is 2.62. The summed E-state index contributed by atoms with van der Waals surface area (Å²) >= 11 is 0. The van der Waals surface area contributed by atoms with Crippen LogP contribution in [-0.4, -0.2) is 23.1 Å². The normalized spacial score (nSPS) is 15.7. The number of hydrogen-bond acceptors (Lipinski definition) is 3. The standard InChI is InChI=1S/C20H17F3N2O3/c1-13(26)25-11-10-14-6-2-3-7-15(14)17(25)12-19(27)24-16-8-4-5-9-18(16)28-20(21,22)23/h2-11,17H,12H2,1H3,(H,24,27). The molecule has 1 unspecified atom stereocenters. The molecule has 1 aliphatic rings. The molecule has 2 aromatic rings. The predicted octanol–water partition coefficient (Wildman–Crippen LogP) is 4.49. The minimum absolute atomic E-state index is 0.0983. The molecule has 0 bridgehead atoms. The highest BCUT2D eigenvalue weighted by atomic mass is 19.4. The van der Waals surface area contributed by atoms with Gasteiger partial charge < -0.3 is 15.0 Å². The van der Waals surface area contributed by atoms with Crippen LogP contribution in [0.1, 0.15) is 30.5 Å². The quantitative estimate of drug-likeness (QED) is 0.837. The van der Waals surface area contributed by atoms with Gasteiger partial charge in [-0.1, -0.05) is 36.4 Å². The number of rotatable bonds is 4. The third kappa shape index (κ3) is 4.51. The fourth-order valence-electron chi connectivity index (χ4n) is 3.07. The molecule has 1 heterocycles. The zero-order valence-corrected chi connectivity index (χ0v) is 14.9. The molecule has 0 spiro atoms. The number of para-hydroxylation sites is 2.